The monoisotopic (exact) mass is 989 g/mol. The van der Waals surface area contributed by atoms with Crippen LogP contribution in [0.25, 0.3) is 33.3 Å². The van der Waals surface area contributed by atoms with Crippen LogP contribution in [0.3, 0.4) is 0 Å². The molecule has 5 atom stereocenters. The number of pyridine rings is 1. The largest absolute Gasteiger partial charge is 0.508 e. The predicted molar refractivity (Wildman–Crippen MR) is 275 cm³/mol. The average molecular weight is 989 g/mol. The lowest BCUT2D eigenvalue weighted by Crippen LogP contribution is -2.62. The van der Waals surface area contributed by atoms with Crippen LogP contribution in [-0.2, 0) is 54.7 Å². The number of fused-ring (bicyclic) bond motifs is 6. The molecule has 17 nitrogen and oxygen atoms in total. The van der Waals surface area contributed by atoms with Gasteiger partial charge >= 0.3 is 6.17 Å². The van der Waals surface area contributed by atoms with Crippen molar-refractivity contribution in [2.75, 3.05) is 54.0 Å². The van der Waals surface area contributed by atoms with Gasteiger partial charge in [-0.3, -0.25) is 34.1 Å². The van der Waals surface area contributed by atoms with E-state index >= 15 is 0 Å². The van der Waals surface area contributed by atoms with Gasteiger partial charge in [0.05, 0.1) is 28.8 Å². The number of phenolic OH excluding ortho intramolecular Hbond substituents is 1. The van der Waals surface area contributed by atoms with E-state index in [4.69, 9.17) is 14.6 Å². The summed E-state index contributed by atoms with van der Waals surface area (Å²) in [5, 5.41) is 16.8. The molecule has 17 heteroatoms. The minimum atomic E-state index is -1.17. The molecule has 0 spiro atoms. The zero-order chi connectivity index (χ0) is 51.6. The number of nitrogens with zero attached hydrogens (tertiary/aromatic N) is 7. The number of hydrazine groups is 1. The van der Waals surface area contributed by atoms with Gasteiger partial charge in [0.15, 0.2) is 6.61 Å². The Kier molecular flexibility index (Phi) is 15.9. The number of hydrogen-bond acceptors (Lipinski definition) is 11. The molecule has 0 aliphatic carbocycles. The van der Waals surface area contributed by atoms with E-state index in [9.17, 15) is 29.2 Å². The number of aromatic hydroxyl groups is 1. The number of methoxy groups -OCH3 is 1. The molecule has 4 amide bonds. The molecule has 0 radical (unpaired) electrons. The smallest absolute Gasteiger partial charge is 0.326 e. The fourth-order valence-corrected chi connectivity index (χ4v) is 11.5. The van der Waals surface area contributed by atoms with E-state index in [0.717, 1.165) is 69.5 Å². The molecule has 0 saturated carbocycles. The van der Waals surface area contributed by atoms with Crippen LogP contribution in [0.15, 0.2) is 66.4 Å². The number of likely N-dealkylation sites (tertiary alicyclic amines) is 2. The number of likely N-dealkylation sites (N-methyl/N-ethyl adjacent to an activating group) is 2. The maximum atomic E-state index is 14.8. The molecular weight excluding hydrogens is 915 g/mol. The number of aromatic nitrogens is 2. The van der Waals surface area contributed by atoms with E-state index in [-0.39, 0.29) is 55.6 Å². The number of phenols is 1. The molecule has 2 aromatic carbocycles. The van der Waals surface area contributed by atoms with Crippen molar-refractivity contribution in [1.82, 2.24) is 40.0 Å². The molecule has 386 valence electrons. The molecule has 4 aliphatic rings. The Hall–Kier alpha value is -6.17. The number of amides is 4. The molecule has 4 aliphatic heterocycles. The van der Waals surface area contributed by atoms with Crippen LogP contribution >= 0.6 is 0 Å². The second kappa shape index (κ2) is 21.9. The number of hydrogen-bond donors (Lipinski definition) is 3. The van der Waals surface area contributed by atoms with Gasteiger partial charge in [0.2, 0.25) is 22.6 Å². The van der Waals surface area contributed by atoms with E-state index in [0.29, 0.717) is 55.9 Å². The van der Waals surface area contributed by atoms with Gasteiger partial charge in [0.25, 0.3) is 5.91 Å². The third-order valence-electron chi connectivity index (χ3n) is 15.1. The molecule has 8 rings (SSSR count). The Bertz CT molecular complexity index is 2730. The first-order chi connectivity index (χ1) is 34.4. The van der Waals surface area contributed by atoms with Crippen molar-refractivity contribution in [3.63, 3.8) is 0 Å². The van der Waals surface area contributed by atoms with Crippen molar-refractivity contribution in [3.8, 4) is 28.1 Å². The summed E-state index contributed by atoms with van der Waals surface area (Å²) in [7, 11) is 5.34. The van der Waals surface area contributed by atoms with E-state index in [1.165, 1.54) is 9.91 Å². The second-order valence-electron chi connectivity index (χ2n) is 21.5. The topological polar surface area (TPSA) is 182 Å². The first kappa shape index (κ1) is 52.2. The lowest BCUT2D eigenvalue weighted by Gasteiger charge is -2.35. The zero-order valence-electron chi connectivity index (χ0n) is 43.6. The fourth-order valence-electron chi connectivity index (χ4n) is 11.5. The number of aryl methyl sites for hydroxylation is 1. The van der Waals surface area contributed by atoms with Crippen molar-refractivity contribution in [2.24, 2.45) is 17.3 Å². The minimum absolute atomic E-state index is 0.0106. The quantitative estimate of drug-likeness (QED) is 0.142. The number of ether oxygens (including phenoxy) is 1. The van der Waals surface area contributed by atoms with Gasteiger partial charge < -0.3 is 29.5 Å². The van der Waals surface area contributed by atoms with E-state index < -0.39 is 41.4 Å². The van der Waals surface area contributed by atoms with Crippen molar-refractivity contribution in [2.45, 2.75) is 124 Å². The molecule has 3 N–H and O–H groups in total. The van der Waals surface area contributed by atoms with E-state index in [1.54, 1.807) is 43.5 Å². The summed E-state index contributed by atoms with van der Waals surface area (Å²) < 4.78 is 7.90. The Morgan fingerprint density at radius 1 is 1.07 bits per heavy atom. The number of nitrogens with one attached hydrogen (secondary N) is 2. The van der Waals surface area contributed by atoms with Crippen molar-refractivity contribution >= 4 is 34.5 Å². The highest BCUT2D eigenvalue weighted by atomic mass is 16.8. The summed E-state index contributed by atoms with van der Waals surface area (Å²) in [5.41, 5.74) is 10.5. The lowest BCUT2D eigenvalue weighted by molar-refractivity contribution is -0.835. The Balaban J connectivity index is 1.12. The Morgan fingerprint density at radius 2 is 1.85 bits per heavy atom. The van der Waals surface area contributed by atoms with Gasteiger partial charge in [-0.15, -0.1) is 0 Å². The van der Waals surface area contributed by atoms with E-state index in [1.807, 2.05) is 39.0 Å². The minimum Gasteiger partial charge on any atom is -0.508 e. The van der Waals surface area contributed by atoms with Crippen LogP contribution in [-0.4, -0.2) is 141 Å². The molecule has 6 bridgehead atoms. The van der Waals surface area contributed by atoms with Gasteiger partial charge in [0, 0.05) is 93.4 Å². The molecule has 0 unspecified atom stereocenters. The van der Waals surface area contributed by atoms with Gasteiger partial charge in [0.1, 0.15) is 17.8 Å². The van der Waals surface area contributed by atoms with Crippen molar-refractivity contribution < 1.29 is 38.8 Å². The van der Waals surface area contributed by atoms with Crippen LogP contribution in [0.1, 0.15) is 90.5 Å². The maximum Gasteiger partial charge on any atom is 0.326 e. The molecule has 3 fully saturated rings. The van der Waals surface area contributed by atoms with Crippen LogP contribution in [0, 0.1) is 22.2 Å². The van der Waals surface area contributed by atoms with Crippen LogP contribution in [0.5, 0.6) is 5.75 Å². The highest BCUT2D eigenvalue weighted by Gasteiger charge is 2.42. The number of carbonyl (C=O) groups excluding carboxylic acids is 4. The normalized spacial score (nSPS) is 22.5. The van der Waals surface area contributed by atoms with Crippen molar-refractivity contribution in [3.05, 3.63) is 88.1 Å². The highest BCUT2D eigenvalue weighted by Crippen LogP contribution is 2.41. The first-order valence-electron chi connectivity index (χ1n) is 25.7. The van der Waals surface area contributed by atoms with Crippen LogP contribution in [0.2, 0.25) is 0 Å². The van der Waals surface area contributed by atoms with Crippen LogP contribution in [0.4, 0.5) is 0 Å². The third-order valence-corrected chi connectivity index (χ3v) is 15.1. The summed E-state index contributed by atoms with van der Waals surface area (Å²) in [5.74, 6) is -2.22. The average Bonchev–Trinajstić information content (AvgIpc) is 4.10. The second-order valence-corrected chi connectivity index (χ2v) is 21.5. The standard InChI is InChI=1S/C55H73N9O8/c1-10-62-47-18-17-37-29-42(47)43(51(62)41-14-11-20-56-45(41)32-71-9)30-55(5,6)33-72-64(70)48-16-13-22-63(58-48)54(69)44(27-36-25-39(37)28-40(65)26-36)57-52(67)50(34(2)3)60(8)53(68)38-19-23-61(31-38)49(66)24-35(4)46-15-12-21-59(46)7/h11,14,17-18,20,24-26,28-29,34,38,44,46,48,50,58H,10,12-13,15-16,19,21-23,27,30-33H2,1-9H3,(H-,57,65,67)/p+1/t38-,44-,46-,48+,50-/m0/s1. The Morgan fingerprint density at radius 3 is 2.57 bits per heavy atom. The van der Waals surface area contributed by atoms with Crippen molar-refractivity contribution in [1.29, 1.82) is 0 Å². The number of rotatable bonds is 11. The first-order valence-corrected chi connectivity index (χ1v) is 25.7. The van der Waals surface area contributed by atoms with Crippen LogP contribution < -0.4 is 10.7 Å². The zero-order valence-corrected chi connectivity index (χ0v) is 43.6. The lowest BCUT2D eigenvalue weighted by atomic mass is 9.84. The molecular formula is C55H74N9O8+. The van der Waals surface area contributed by atoms with Gasteiger partial charge in [-0.2, -0.15) is 5.43 Å². The number of benzene rings is 2. The molecule has 72 heavy (non-hydrogen) atoms. The predicted octanol–water partition coefficient (Wildman–Crippen LogP) is 6.39. The SMILES string of the molecule is CCn1c(-c2cccnc2COC)c2c3cc(ccc31)-c1cc(O)cc(c1)C[C@H](NC(=O)[C@H](C(C)C)N(C)C(=O)[C@H]1CCN(C(=O)C=C(C)[C@@H]3CCCN3C)C1)C(=O)N1CCC[C@H](N1)[N+](=O)OCC(C)(C)C2. The number of carbonyl (C=O) groups is 4. The molecule has 3 saturated heterocycles. The van der Waals surface area contributed by atoms with Gasteiger partial charge in [-0.05, 0) is 124 Å². The molecule has 6 heterocycles. The summed E-state index contributed by atoms with van der Waals surface area (Å²) in [6.07, 6.45) is 6.55. The van der Waals surface area contributed by atoms with Gasteiger partial charge in [-0.25, -0.2) is 4.84 Å². The fraction of sp³-hybridized carbons (Fsp3) is 0.545. The molecule has 4 aromatic rings. The summed E-state index contributed by atoms with van der Waals surface area (Å²) in [6, 6.07) is 13.5. The summed E-state index contributed by atoms with van der Waals surface area (Å²) in [4.78, 5) is 87.9. The summed E-state index contributed by atoms with van der Waals surface area (Å²) >= 11 is 0. The van der Waals surface area contributed by atoms with E-state index in [2.05, 4.69) is 66.2 Å². The molecule has 2 aromatic heterocycles. The Labute approximate surface area is 423 Å². The third kappa shape index (κ3) is 11.1. The summed E-state index contributed by atoms with van der Waals surface area (Å²) in [6.45, 7) is 14.9. The maximum absolute atomic E-state index is 14.8. The highest BCUT2D eigenvalue weighted by molar-refractivity contribution is 5.96. The van der Waals surface area contributed by atoms with Gasteiger partial charge in [-0.1, -0.05) is 45.4 Å².